The van der Waals surface area contributed by atoms with E-state index in [9.17, 15) is 9.90 Å². The second-order valence-electron chi connectivity index (χ2n) is 4.19. The Morgan fingerprint density at radius 2 is 1.89 bits per heavy atom. The Morgan fingerprint density at radius 1 is 1.22 bits per heavy atom. The van der Waals surface area contributed by atoms with Crippen LogP contribution in [-0.2, 0) is 4.79 Å². The number of thiophene rings is 1. The Kier molecular flexibility index (Phi) is 3.67. The first-order chi connectivity index (χ1) is 8.56. The molecule has 2 rings (SSSR count). The van der Waals surface area contributed by atoms with E-state index >= 15 is 0 Å². The average Bonchev–Trinajstić information content (AvgIpc) is 2.74. The Bertz CT molecular complexity index is 542. The first-order valence-corrected chi connectivity index (χ1v) is 6.45. The molecule has 0 aliphatic rings. The zero-order valence-corrected chi connectivity index (χ0v) is 10.8. The van der Waals surface area contributed by atoms with Gasteiger partial charge in [-0.1, -0.05) is 12.1 Å². The summed E-state index contributed by atoms with van der Waals surface area (Å²) in [6.45, 7) is 2.00. The number of phenolic OH excluding ortho intramolecular Hbond substituents is 1. The van der Waals surface area contributed by atoms with Crippen LogP contribution in [0.15, 0.2) is 36.4 Å². The quantitative estimate of drug-likeness (QED) is 0.888. The van der Waals surface area contributed by atoms with Gasteiger partial charge in [0.2, 0.25) is 0 Å². The van der Waals surface area contributed by atoms with Gasteiger partial charge in [-0.25, -0.2) is 0 Å². The molecule has 1 atom stereocenters. The van der Waals surface area contributed by atoms with E-state index in [2.05, 4.69) is 0 Å². The molecule has 0 amide bonds. The van der Waals surface area contributed by atoms with Crippen LogP contribution in [0.1, 0.15) is 27.7 Å². The highest BCUT2D eigenvalue weighted by molar-refractivity contribution is 7.12. The number of carbonyl (C=O) groups is 1. The van der Waals surface area contributed by atoms with Crippen LogP contribution in [0.5, 0.6) is 5.75 Å². The number of phenols is 1. The molecule has 0 aliphatic heterocycles. The molecule has 3 nitrogen and oxygen atoms in total. The number of aliphatic carboxylic acids is 1. The maximum atomic E-state index is 11.0. The van der Waals surface area contributed by atoms with Gasteiger partial charge in [-0.2, -0.15) is 0 Å². The molecular weight excluding hydrogens is 248 g/mol. The van der Waals surface area contributed by atoms with Crippen LogP contribution in [-0.4, -0.2) is 16.2 Å². The Morgan fingerprint density at radius 3 is 2.39 bits per heavy atom. The first kappa shape index (κ1) is 12.6. The van der Waals surface area contributed by atoms with Crippen molar-refractivity contribution in [3.8, 4) is 5.75 Å². The van der Waals surface area contributed by atoms with Crippen molar-refractivity contribution >= 4 is 17.3 Å². The van der Waals surface area contributed by atoms with Crippen molar-refractivity contribution in [2.24, 2.45) is 0 Å². The van der Waals surface area contributed by atoms with Gasteiger partial charge in [0.05, 0.1) is 6.42 Å². The average molecular weight is 262 g/mol. The number of benzene rings is 1. The highest BCUT2D eigenvalue weighted by Gasteiger charge is 2.19. The maximum absolute atomic E-state index is 11.0. The fraction of sp³-hybridized carbons (Fsp3) is 0.214. The van der Waals surface area contributed by atoms with Crippen LogP contribution < -0.4 is 0 Å². The molecule has 0 saturated heterocycles. The smallest absolute Gasteiger partial charge is 0.304 e. The van der Waals surface area contributed by atoms with Crippen molar-refractivity contribution in [2.75, 3.05) is 0 Å². The van der Waals surface area contributed by atoms with Gasteiger partial charge in [-0.15, -0.1) is 11.3 Å². The van der Waals surface area contributed by atoms with Crippen LogP contribution in [0, 0.1) is 6.92 Å². The van der Waals surface area contributed by atoms with Gasteiger partial charge in [0.25, 0.3) is 0 Å². The lowest BCUT2D eigenvalue weighted by molar-refractivity contribution is -0.137. The normalized spacial score (nSPS) is 12.3. The van der Waals surface area contributed by atoms with Crippen LogP contribution in [0.3, 0.4) is 0 Å². The Hall–Kier alpha value is -1.81. The van der Waals surface area contributed by atoms with E-state index in [0.717, 1.165) is 10.4 Å². The minimum atomic E-state index is -0.820. The predicted octanol–water partition coefficient (Wildman–Crippen LogP) is 3.37. The van der Waals surface area contributed by atoms with Crippen molar-refractivity contribution in [3.05, 3.63) is 51.7 Å². The van der Waals surface area contributed by atoms with Crippen LogP contribution in [0.4, 0.5) is 0 Å². The van der Waals surface area contributed by atoms with Gasteiger partial charge >= 0.3 is 5.97 Å². The molecule has 94 valence electrons. The molecule has 1 heterocycles. The predicted molar refractivity (Wildman–Crippen MR) is 71.3 cm³/mol. The molecule has 0 bridgehead atoms. The van der Waals surface area contributed by atoms with Crippen LogP contribution in [0.25, 0.3) is 0 Å². The number of carboxylic acids is 1. The van der Waals surface area contributed by atoms with Crippen LogP contribution >= 0.6 is 11.3 Å². The van der Waals surface area contributed by atoms with Crippen molar-refractivity contribution in [1.82, 2.24) is 0 Å². The standard InChI is InChI=1S/C14H14O3S/c1-9-2-7-13(18-9)12(8-14(16)17)10-3-5-11(15)6-4-10/h2-7,12,15H,8H2,1H3,(H,16,17). The molecule has 0 saturated carbocycles. The Labute approximate surface area is 109 Å². The SMILES string of the molecule is Cc1ccc(C(CC(=O)O)c2ccc(O)cc2)s1. The van der Waals surface area contributed by atoms with Gasteiger partial charge < -0.3 is 10.2 Å². The molecule has 2 aromatic rings. The number of carboxylic acid groups (broad SMARTS) is 1. The minimum absolute atomic E-state index is 0.0602. The molecule has 18 heavy (non-hydrogen) atoms. The monoisotopic (exact) mass is 262 g/mol. The van der Waals surface area contributed by atoms with E-state index in [0.29, 0.717) is 0 Å². The summed E-state index contributed by atoms with van der Waals surface area (Å²) >= 11 is 1.61. The summed E-state index contributed by atoms with van der Waals surface area (Å²) in [4.78, 5) is 13.2. The molecular formula is C14H14O3S. The summed E-state index contributed by atoms with van der Waals surface area (Å²) in [6.07, 6.45) is 0.0602. The summed E-state index contributed by atoms with van der Waals surface area (Å²) < 4.78 is 0. The van der Waals surface area contributed by atoms with Gasteiger partial charge in [0, 0.05) is 15.7 Å². The number of hydrogen-bond acceptors (Lipinski definition) is 3. The number of hydrogen-bond donors (Lipinski definition) is 2. The highest BCUT2D eigenvalue weighted by atomic mass is 32.1. The highest BCUT2D eigenvalue weighted by Crippen LogP contribution is 2.33. The van der Waals surface area contributed by atoms with Crippen molar-refractivity contribution in [3.63, 3.8) is 0 Å². The van der Waals surface area contributed by atoms with E-state index in [1.807, 2.05) is 19.1 Å². The van der Waals surface area contributed by atoms with E-state index < -0.39 is 5.97 Å². The van der Waals surface area contributed by atoms with Crippen molar-refractivity contribution in [1.29, 1.82) is 0 Å². The Balaban J connectivity index is 2.36. The molecule has 0 spiro atoms. The molecule has 0 fully saturated rings. The van der Waals surface area contributed by atoms with Gasteiger partial charge in [-0.05, 0) is 36.8 Å². The first-order valence-electron chi connectivity index (χ1n) is 5.63. The molecule has 0 radical (unpaired) electrons. The van der Waals surface area contributed by atoms with Crippen molar-refractivity contribution < 1.29 is 15.0 Å². The third kappa shape index (κ3) is 2.90. The summed E-state index contributed by atoms with van der Waals surface area (Å²) in [6, 6.07) is 10.7. The lowest BCUT2D eigenvalue weighted by Gasteiger charge is -2.13. The van der Waals surface area contributed by atoms with Gasteiger partial charge in [-0.3, -0.25) is 4.79 Å². The summed E-state index contributed by atoms with van der Waals surface area (Å²) in [5.74, 6) is -0.781. The molecule has 0 aliphatic carbocycles. The number of aromatic hydroxyl groups is 1. The second-order valence-corrected chi connectivity index (χ2v) is 5.51. The fourth-order valence-electron chi connectivity index (χ4n) is 1.90. The molecule has 1 unspecified atom stereocenters. The lowest BCUT2D eigenvalue weighted by Crippen LogP contribution is -2.06. The maximum Gasteiger partial charge on any atom is 0.304 e. The lowest BCUT2D eigenvalue weighted by atomic mass is 9.94. The van der Waals surface area contributed by atoms with E-state index in [-0.39, 0.29) is 18.1 Å². The zero-order chi connectivity index (χ0) is 13.1. The minimum Gasteiger partial charge on any atom is -0.508 e. The number of aryl methyl sites for hydroxylation is 1. The second kappa shape index (κ2) is 5.23. The van der Waals surface area contributed by atoms with Crippen LogP contribution in [0.2, 0.25) is 0 Å². The topological polar surface area (TPSA) is 57.5 Å². The van der Waals surface area contributed by atoms with Crippen molar-refractivity contribution in [2.45, 2.75) is 19.3 Å². The largest absolute Gasteiger partial charge is 0.508 e. The molecule has 1 aromatic carbocycles. The molecule has 1 aromatic heterocycles. The van der Waals surface area contributed by atoms with E-state index in [1.165, 1.54) is 4.88 Å². The van der Waals surface area contributed by atoms with E-state index in [4.69, 9.17) is 5.11 Å². The summed E-state index contributed by atoms with van der Waals surface area (Å²) in [7, 11) is 0. The molecule has 2 N–H and O–H groups in total. The fourth-order valence-corrected chi connectivity index (χ4v) is 2.91. The zero-order valence-electron chi connectivity index (χ0n) is 9.96. The third-order valence-electron chi connectivity index (χ3n) is 2.78. The number of rotatable bonds is 4. The summed E-state index contributed by atoms with van der Waals surface area (Å²) in [5.41, 5.74) is 0.914. The van der Waals surface area contributed by atoms with Gasteiger partial charge in [0.1, 0.15) is 5.75 Å². The third-order valence-corrected chi connectivity index (χ3v) is 3.89. The molecule has 4 heteroatoms. The van der Waals surface area contributed by atoms with Gasteiger partial charge in [0.15, 0.2) is 0 Å². The van der Waals surface area contributed by atoms with E-state index in [1.54, 1.807) is 35.6 Å². The summed E-state index contributed by atoms with van der Waals surface area (Å²) in [5, 5.41) is 18.3.